The molecule has 1 heterocycles. The number of rotatable bonds is 6. The van der Waals surface area contributed by atoms with Crippen LogP contribution in [0.4, 0.5) is 0 Å². The molecule has 1 aliphatic rings. The lowest BCUT2D eigenvalue weighted by molar-refractivity contribution is -0.329. The highest BCUT2D eigenvalue weighted by Gasteiger charge is 2.59. The van der Waals surface area contributed by atoms with Crippen LogP contribution < -0.4 is 0 Å². The molecule has 0 aromatic heterocycles. The Morgan fingerprint density at radius 3 is 1.61 bits per heavy atom. The number of hydrogen-bond donors (Lipinski definition) is 0. The van der Waals surface area contributed by atoms with Gasteiger partial charge in [0.1, 0.15) is 12.2 Å². The molecule has 0 spiro atoms. The molecule has 11 nitrogen and oxygen atoms in total. The van der Waals surface area contributed by atoms with Gasteiger partial charge >= 0.3 is 29.8 Å². The minimum Gasteiger partial charge on any atom is -0.463 e. The largest absolute Gasteiger partial charge is 0.463 e. The minimum atomic E-state index is -1.59. The van der Waals surface area contributed by atoms with Crippen LogP contribution in [0.1, 0.15) is 41.5 Å². The van der Waals surface area contributed by atoms with Crippen molar-refractivity contribution in [3.8, 4) is 0 Å². The van der Waals surface area contributed by atoms with Crippen molar-refractivity contribution in [2.45, 2.75) is 71.7 Å². The topological polar surface area (TPSA) is 141 Å². The molecule has 0 radical (unpaired) electrons. The maximum atomic E-state index is 11.6. The Balaban J connectivity index is 3.44. The lowest BCUT2D eigenvalue weighted by atomic mass is 9.88. The van der Waals surface area contributed by atoms with Gasteiger partial charge in [0.2, 0.25) is 12.4 Å². The predicted octanol–water partition coefficient (Wildman–Crippen LogP) is 0.0227. The first-order valence-corrected chi connectivity index (χ1v) is 8.35. The SMILES string of the molecule is CC(=O)OCC1(C)OC(OC(C)=O)C(OC(C)=O)C(OC(C)=O)C1OC(C)=O. The quantitative estimate of drug-likeness (QED) is 0.437. The minimum absolute atomic E-state index is 0.428. The smallest absolute Gasteiger partial charge is 0.305 e. The van der Waals surface area contributed by atoms with Crippen molar-refractivity contribution >= 4 is 29.8 Å². The Morgan fingerprint density at radius 2 is 1.18 bits per heavy atom. The zero-order valence-corrected chi connectivity index (χ0v) is 16.5. The van der Waals surface area contributed by atoms with E-state index in [-0.39, 0.29) is 0 Å². The molecule has 0 bridgehead atoms. The monoisotopic (exact) mass is 404 g/mol. The number of esters is 5. The fraction of sp³-hybridized carbons (Fsp3) is 0.706. The van der Waals surface area contributed by atoms with Crippen LogP contribution in [-0.2, 0) is 52.4 Å². The standard InChI is InChI=1S/C17H24O11/c1-8(18)23-7-17(6)15(26-11(4)21)13(24-9(2)19)14(25-10(3)20)16(28-17)27-12(5)22/h13-16H,7H2,1-6H3. The van der Waals surface area contributed by atoms with Crippen LogP contribution in [0.5, 0.6) is 0 Å². The molecule has 11 heteroatoms. The zero-order valence-electron chi connectivity index (χ0n) is 16.5. The fourth-order valence-electron chi connectivity index (χ4n) is 2.70. The molecule has 0 N–H and O–H groups in total. The molecule has 0 saturated carbocycles. The highest BCUT2D eigenvalue weighted by atomic mass is 16.8. The normalized spacial score (nSPS) is 29.2. The van der Waals surface area contributed by atoms with Gasteiger partial charge in [-0.3, -0.25) is 24.0 Å². The Hall–Kier alpha value is -2.69. The molecule has 1 aliphatic heterocycles. The summed E-state index contributed by atoms with van der Waals surface area (Å²) in [4.78, 5) is 57.6. The molecular weight excluding hydrogens is 380 g/mol. The Kier molecular flexibility index (Phi) is 7.91. The third kappa shape index (κ3) is 6.48. The van der Waals surface area contributed by atoms with Crippen LogP contribution in [0.2, 0.25) is 0 Å². The van der Waals surface area contributed by atoms with Crippen LogP contribution in [0, 0.1) is 0 Å². The van der Waals surface area contributed by atoms with Gasteiger partial charge in [0.15, 0.2) is 12.2 Å². The summed E-state index contributed by atoms with van der Waals surface area (Å²) in [5.41, 5.74) is -1.59. The van der Waals surface area contributed by atoms with E-state index < -0.39 is 66.7 Å². The third-order valence-corrected chi connectivity index (χ3v) is 3.62. The van der Waals surface area contributed by atoms with E-state index in [1.54, 1.807) is 0 Å². The van der Waals surface area contributed by atoms with Crippen molar-refractivity contribution in [3.05, 3.63) is 0 Å². The van der Waals surface area contributed by atoms with Crippen LogP contribution >= 0.6 is 0 Å². The summed E-state index contributed by atoms with van der Waals surface area (Å²) >= 11 is 0. The second-order valence-electron chi connectivity index (χ2n) is 6.37. The molecule has 5 atom stereocenters. The molecule has 0 aromatic rings. The number of carbonyl (C=O) groups excluding carboxylic acids is 5. The van der Waals surface area contributed by atoms with Gasteiger partial charge in [-0.05, 0) is 6.92 Å². The van der Waals surface area contributed by atoms with Gasteiger partial charge in [-0.2, -0.15) is 0 Å². The molecule has 0 aliphatic carbocycles. The number of hydrogen-bond acceptors (Lipinski definition) is 11. The van der Waals surface area contributed by atoms with Crippen molar-refractivity contribution in [1.82, 2.24) is 0 Å². The second kappa shape index (κ2) is 9.49. The van der Waals surface area contributed by atoms with Gasteiger partial charge in [0.05, 0.1) is 0 Å². The van der Waals surface area contributed by atoms with Gasteiger partial charge in [-0.1, -0.05) is 0 Å². The molecule has 0 aromatic carbocycles. The maximum absolute atomic E-state index is 11.6. The van der Waals surface area contributed by atoms with E-state index in [1.807, 2.05) is 0 Å². The Bertz CT molecular complexity index is 643. The first kappa shape index (κ1) is 23.3. The van der Waals surface area contributed by atoms with Crippen LogP contribution in [0.15, 0.2) is 0 Å². The fourth-order valence-corrected chi connectivity index (χ4v) is 2.70. The van der Waals surface area contributed by atoms with Gasteiger partial charge in [-0.25, -0.2) is 0 Å². The van der Waals surface area contributed by atoms with Crippen molar-refractivity contribution in [1.29, 1.82) is 0 Å². The van der Waals surface area contributed by atoms with Crippen molar-refractivity contribution in [2.24, 2.45) is 0 Å². The summed E-state index contributed by atoms with van der Waals surface area (Å²) in [7, 11) is 0. The van der Waals surface area contributed by atoms with E-state index in [0.717, 1.165) is 34.6 Å². The van der Waals surface area contributed by atoms with Crippen molar-refractivity contribution < 1.29 is 52.4 Å². The van der Waals surface area contributed by atoms with Crippen LogP contribution in [0.25, 0.3) is 0 Å². The first-order valence-electron chi connectivity index (χ1n) is 8.35. The van der Waals surface area contributed by atoms with Crippen LogP contribution in [-0.4, -0.2) is 66.7 Å². The van der Waals surface area contributed by atoms with Crippen molar-refractivity contribution in [3.63, 3.8) is 0 Å². The van der Waals surface area contributed by atoms with Gasteiger partial charge in [0, 0.05) is 34.6 Å². The summed E-state index contributed by atoms with van der Waals surface area (Å²) in [6.45, 7) is 6.51. The average Bonchev–Trinajstić information content (AvgIpc) is 2.51. The van der Waals surface area contributed by atoms with E-state index in [2.05, 4.69) is 0 Å². The Morgan fingerprint density at radius 1 is 0.714 bits per heavy atom. The Labute approximate surface area is 161 Å². The number of ether oxygens (including phenoxy) is 6. The lowest BCUT2D eigenvalue weighted by Crippen LogP contribution is -2.68. The van der Waals surface area contributed by atoms with Crippen LogP contribution in [0.3, 0.4) is 0 Å². The molecule has 5 unspecified atom stereocenters. The predicted molar refractivity (Wildman–Crippen MR) is 88.3 cm³/mol. The van der Waals surface area contributed by atoms with E-state index in [1.165, 1.54) is 6.92 Å². The highest BCUT2D eigenvalue weighted by molar-refractivity contribution is 5.69. The average molecular weight is 404 g/mol. The van der Waals surface area contributed by atoms with Crippen molar-refractivity contribution in [2.75, 3.05) is 6.61 Å². The first-order chi connectivity index (χ1) is 12.9. The van der Waals surface area contributed by atoms with Gasteiger partial charge < -0.3 is 28.4 Å². The summed E-state index contributed by atoms with van der Waals surface area (Å²) < 4.78 is 31.4. The molecule has 1 saturated heterocycles. The second-order valence-corrected chi connectivity index (χ2v) is 6.37. The molecular formula is C17H24O11. The molecule has 28 heavy (non-hydrogen) atoms. The molecule has 1 rings (SSSR count). The summed E-state index contributed by atoms with van der Waals surface area (Å²) in [5.74, 6) is -3.75. The highest BCUT2D eigenvalue weighted by Crippen LogP contribution is 2.36. The summed E-state index contributed by atoms with van der Waals surface area (Å²) in [5, 5.41) is 0. The molecule has 158 valence electrons. The molecule has 0 amide bonds. The van der Waals surface area contributed by atoms with E-state index >= 15 is 0 Å². The molecule has 1 fully saturated rings. The van der Waals surface area contributed by atoms with E-state index in [4.69, 9.17) is 28.4 Å². The third-order valence-electron chi connectivity index (χ3n) is 3.62. The summed E-state index contributed by atoms with van der Waals surface area (Å²) in [6, 6.07) is 0. The van der Waals surface area contributed by atoms with Gasteiger partial charge in [0.25, 0.3) is 0 Å². The lowest BCUT2D eigenvalue weighted by Gasteiger charge is -2.48. The summed E-state index contributed by atoms with van der Waals surface area (Å²) in [6.07, 6.45) is -5.69. The number of carbonyl (C=O) groups is 5. The van der Waals surface area contributed by atoms with E-state index in [9.17, 15) is 24.0 Å². The maximum Gasteiger partial charge on any atom is 0.305 e. The van der Waals surface area contributed by atoms with E-state index in [0.29, 0.717) is 0 Å². The van der Waals surface area contributed by atoms with Gasteiger partial charge in [-0.15, -0.1) is 0 Å². The zero-order chi connectivity index (χ0) is 21.6.